The van der Waals surface area contributed by atoms with Gasteiger partial charge in [-0.1, -0.05) is 35.9 Å². The summed E-state index contributed by atoms with van der Waals surface area (Å²) < 4.78 is 0.781. The Hall–Kier alpha value is -0.830. The molecule has 1 atom stereocenters. The number of hydrogen-bond donors (Lipinski definition) is 1. The Morgan fingerprint density at radius 3 is 2.78 bits per heavy atom. The largest absolute Gasteiger partial charge is 0.388 e. The van der Waals surface area contributed by atoms with E-state index in [4.69, 9.17) is 11.6 Å². The number of aliphatic hydroxyl groups excluding tert-OH is 1. The summed E-state index contributed by atoms with van der Waals surface area (Å²) in [5.41, 5.74) is 2.39. The molecule has 0 amide bonds. The molecule has 3 rings (SSSR count). The zero-order valence-corrected chi connectivity index (χ0v) is 11.5. The van der Waals surface area contributed by atoms with Crippen molar-refractivity contribution in [1.82, 2.24) is 0 Å². The summed E-state index contributed by atoms with van der Waals surface area (Å²) in [5, 5.41) is 10.3. The summed E-state index contributed by atoms with van der Waals surface area (Å²) in [6.45, 7) is 0. The third-order valence-electron chi connectivity index (χ3n) is 3.37. The molecule has 1 unspecified atom stereocenters. The highest BCUT2D eigenvalue weighted by atomic mass is 35.5. The van der Waals surface area contributed by atoms with Gasteiger partial charge in [-0.3, -0.25) is 0 Å². The predicted molar refractivity (Wildman–Crippen MR) is 76.4 cm³/mol. The van der Waals surface area contributed by atoms with Crippen molar-refractivity contribution in [3.05, 3.63) is 56.7 Å². The fraction of sp³-hybridized carbons (Fsp3) is 0.333. The molecule has 2 aromatic rings. The molecule has 1 aromatic carbocycles. The van der Waals surface area contributed by atoms with Crippen molar-refractivity contribution in [2.45, 2.75) is 31.3 Å². The highest BCUT2D eigenvalue weighted by molar-refractivity contribution is 7.16. The lowest BCUT2D eigenvalue weighted by Crippen LogP contribution is -2.01. The van der Waals surface area contributed by atoms with Crippen molar-refractivity contribution in [2.75, 3.05) is 0 Å². The Labute approximate surface area is 116 Å². The first-order valence-electron chi connectivity index (χ1n) is 6.24. The third-order valence-corrected chi connectivity index (χ3v) is 4.62. The molecule has 1 N–H and O–H groups in total. The second-order valence-electron chi connectivity index (χ2n) is 4.87. The van der Waals surface area contributed by atoms with Crippen LogP contribution in [0, 0.1) is 0 Å². The van der Waals surface area contributed by atoms with E-state index in [-0.39, 0.29) is 0 Å². The van der Waals surface area contributed by atoms with E-state index in [0.717, 1.165) is 20.7 Å². The van der Waals surface area contributed by atoms with Crippen LogP contribution in [0.5, 0.6) is 0 Å². The third kappa shape index (κ3) is 2.77. The smallest absolute Gasteiger partial charge is 0.0931 e. The van der Waals surface area contributed by atoms with Gasteiger partial charge in [0.1, 0.15) is 0 Å². The maximum atomic E-state index is 10.3. The van der Waals surface area contributed by atoms with Gasteiger partial charge in [-0.15, -0.1) is 11.3 Å². The van der Waals surface area contributed by atoms with Gasteiger partial charge in [0, 0.05) is 11.3 Å². The summed E-state index contributed by atoms with van der Waals surface area (Å²) in [4.78, 5) is 1.13. The van der Waals surface area contributed by atoms with Crippen LogP contribution in [-0.4, -0.2) is 5.11 Å². The average Bonchev–Trinajstić information content (AvgIpc) is 3.14. The van der Waals surface area contributed by atoms with Crippen molar-refractivity contribution in [2.24, 2.45) is 0 Å². The number of aliphatic hydroxyl groups is 1. The van der Waals surface area contributed by atoms with Gasteiger partial charge in [0.25, 0.3) is 0 Å². The molecule has 1 heterocycles. The minimum atomic E-state index is -0.432. The Morgan fingerprint density at radius 2 is 2.11 bits per heavy atom. The normalized spacial score (nSPS) is 16.8. The first-order valence-corrected chi connectivity index (χ1v) is 7.44. The second kappa shape index (κ2) is 5.04. The minimum absolute atomic E-state index is 0.432. The molecule has 1 saturated carbocycles. The molecule has 0 spiro atoms. The molecule has 0 aliphatic heterocycles. The molecular weight excluding hydrogens is 264 g/mol. The zero-order chi connectivity index (χ0) is 12.5. The van der Waals surface area contributed by atoms with Gasteiger partial charge in [-0.25, -0.2) is 0 Å². The molecule has 1 fully saturated rings. The van der Waals surface area contributed by atoms with Crippen molar-refractivity contribution in [3.8, 4) is 0 Å². The Morgan fingerprint density at radius 1 is 1.28 bits per heavy atom. The Balaban J connectivity index is 1.74. The van der Waals surface area contributed by atoms with Crippen LogP contribution in [0.15, 0.2) is 36.4 Å². The SMILES string of the molecule is OC(Cc1ccc(Cl)s1)c1cccc(C2CC2)c1. The second-order valence-corrected chi connectivity index (χ2v) is 6.67. The average molecular weight is 279 g/mol. The molecule has 94 valence electrons. The first-order chi connectivity index (χ1) is 8.72. The zero-order valence-electron chi connectivity index (χ0n) is 9.97. The van der Waals surface area contributed by atoms with Crippen LogP contribution in [-0.2, 0) is 6.42 Å². The Bertz CT molecular complexity index is 545. The Kier molecular flexibility index (Phi) is 3.42. The maximum absolute atomic E-state index is 10.3. The lowest BCUT2D eigenvalue weighted by atomic mass is 10.0. The summed E-state index contributed by atoms with van der Waals surface area (Å²) in [5.74, 6) is 0.730. The number of thiophene rings is 1. The van der Waals surface area contributed by atoms with E-state index < -0.39 is 6.10 Å². The topological polar surface area (TPSA) is 20.2 Å². The van der Waals surface area contributed by atoms with Gasteiger partial charge >= 0.3 is 0 Å². The van der Waals surface area contributed by atoms with E-state index in [9.17, 15) is 5.11 Å². The summed E-state index contributed by atoms with van der Waals surface area (Å²) >= 11 is 7.44. The van der Waals surface area contributed by atoms with Gasteiger partial charge in [-0.2, -0.15) is 0 Å². The lowest BCUT2D eigenvalue weighted by Gasteiger charge is -2.11. The van der Waals surface area contributed by atoms with Crippen molar-refractivity contribution < 1.29 is 5.11 Å². The first kappa shape index (κ1) is 12.2. The minimum Gasteiger partial charge on any atom is -0.388 e. The van der Waals surface area contributed by atoms with E-state index in [1.165, 1.54) is 29.7 Å². The number of rotatable bonds is 4. The van der Waals surface area contributed by atoms with E-state index >= 15 is 0 Å². The van der Waals surface area contributed by atoms with Crippen molar-refractivity contribution >= 4 is 22.9 Å². The highest BCUT2D eigenvalue weighted by Crippen LogP contribution is 2.40. The molecule has 0 radical (unpaired) electrons. The molecular formula is C15H15ClOS. The van der Waals surface area contributed by atoms with Crippen LogP contribution < -0.4 is 0 Å². The monoisotopic (exact) mass is 278 g/mol. The number of hydrogen-bond acceptors (Lipinski definition) is 2. The van der Waals surface area contributed by atoms with E-state index in [0.29, 0.717) is 6.42 Å². The molecule has 18 heavy (non-hydrogen) atoms. The quantitative estimate of drug-likeness (QED) is 0.869. The van der Waals surface area contributed by atoms with Crippen molar-refractivity contribution in [3.63, 3.8) is 0 Å². The van der Waals surface area contributed by atoms with E-state index in [1.54, 1.807) is 0 Å². The molecule has 3 heteroatoms. The molecule has 1 nitrogen and oxygen atoms in total. The standard InChI is InChI=1S/C15H15ClOS/c16-15-7-6-13(18-15)9-14(17)12-3-1-2-11(8-12)10-4-5-10/h1-3,6-8,10,14,17H,4-5,9H2. The van der Waals surface area contributed by atoms with Crippen LogP contribution in [0.4, 0.5) is 0 Å². The number of halogens is 1. The number of benzene rings is 1. The van der Waals surface area contributed by atoms with E-state index in [1.807, 2.05) is 24.3 Å². The van der Waals surface area contributed by atoms with Gasteiger partial charge < -0.3 is 5.11 Å². The van der Waals surface area contributed by atoms with Gasteiger partial charge in [0.15, 0.2) is 0 Å². The molecule has 1 aromatic heterocycles. The molecule has 0 bridgehead atoms. The van der Waals surface area contributed by atoms with Gasteiger partial charge in [-0.05, 0) is 42.0 Å². The lowest BCUT2D eigenvalue weighted by molar-refractivity contribution is 0.179. The maximum Gasteiger partial charge on any atom is 0.0931 e. The van der Waals surface area contributed by atoms with Crippen LogP contribution in [0.3, 0.4) is 0 Å². The molecule has 0 saturated heterocycles. The molecule has 1 aliphatic carbocycles. The van der Waals surface area contributed by atoms with Crippen LogP contribution in [0.1, 0.15) is 40.9 Å². The molecule has 1 aliphatic rings. The summed E-state index contributed by atoms with van der Waals surface area (Å²) in [6.07, 6.45) is 2.80. The van der Waals surface area contributed by atoms with E-state index in [2.05, 4.69) is 12.1 Å². The van der Waals surface area contributed by atoms with Gasteiger partial charge in [0.05, 0.1) is 10.4 Å². The summed E-state index contributed by atoms with van der Waals surface area (Å²) in [7, 11) is 0. The summed E-state index contributed by atoms with van der Waals surface area (Å²) in [6, 6.07) is 12.2. The van der Waals surface area contributed by atoms with Gasteiger partial charge in [0.2, 0.25) is 0 Å². The van der Waals surface area contributed by atoms with Crippen LogP contribution in [0.25, 0.3) is 0 Å². The fourth-order valence-corrected chi connectivity index (χ4v) is 3.33. The fourth-order valence-electron chi connectivity index (χ4n) is 2.21. The van der Waals surface area contributed by atoms with Crippen LogP contribution in [0.2, 0.25) is 4.34 Å². The van der Waals surface area contributed by atoms with Crippen molar-refractivity contribution in [1.29, 1.82) is 0 Å². The van der Waals surface area contributed by atoms with Crippen LogP contribution >= 0.6 is 22.9 Å². The highest BCUT2D eigenvalue weighted by Gasteiger charge is 2.24. The predicted octanol–water partition coefficient (Wildman–Crippen LogP) is 4.56.